The molecule has 5 nitrogen and oxygen atoms in total. The van der Waals surface area contributed by atoms with E-state index in [1.165, 1.54) is 12.1 Å². The molecule has 0 aromatic heterocycles. The highest BCUT2D eigenvalue weighted by atomic mass is 15.2. The Hall–Kier alpha value is -1.14. The van der Waals surface area contributed by atoms with E-state index in [1.807, 2.05) is 6.07 Å². The summed E-state index contributed by atoms with van der Waals surface area (Å²) in [7, 11) is 0. The van der Waals surface area contributed by atoms with Gasteiger partial charge >= 0.3 is 0 Å². The van der Waals surface area contributed by atoms with Crippen LogP contribution in [0.1, 0.15) is 6.42 Å². The first kappa shape index (κ1) is 16.2. The lowest BCUT2D eigenvalue weighted by Gasteiger charge is -2.23. The maximum Gasteiger partial charge on any atom is 0.0679 e. The monoisotopic (exact) mass is 291 g/mol. The van der Waals surface area contributed by atoms with E-state index in [0.717, 1.165) is 59.0 Å². The minimum Gasteiger partial charge on any atom is -0.372 e. The fraction of sp³-hybridized carbons (Fsp3) is 0.625. The molecule has 1 aliphatic heterocycles. The molecule has 1 aliphatic rings. The smallest absolute Gasteiger partial charge is 0.0679 e. The van der Waals surface area contributed by atoms with E-state index in [1.54, 1.807) is 0 Å². The molecule has 2 rings (SSSR count). The predicted molar refractivity (Wildman–Crippen MR) is 89.7 cm³/mol. The molecule has 0 bridgehead atoms. The number of anilines is 1. The number of hydrogen-bond donors (Lipinski definition) is 4. The van der Waals surface area contributed by atoms with E-state index in [2.05, 4.69) is 50.4 Å². The fourth-order valence-corrected chi connectivity index (χ4v) is 2.39. The van der Waals surface area contributed by atoms with Gasteiger partial charge in [-0.3, -0.25) is 4.90 Å². The Morgan fingerprint density at radius 3 is 2.14 bits per heavy atom. The summed E-state index contributed by atoms with van der Waals surface area (Å²) >= 11 is 0. The average molecular weight is 291 g/mol. The van der Waals surface area contributed by atoms with Crippen LogP contribution < -0.4 is 21.3 Å². The Morgan fingerprint density at radius 1 is 0.810 bits per heavy atom. The van der Waals surface area contributed by atoms with Crippen LogP contribution >= 0.6 is 0 Å². The molecule has 21 heavy (non-hydrogen) atoms. The molecule has 1 fully saturated rings. The third-order valence-electron chi connectivity index (χ3n) is 3.68. The van der Waals surface area contributed by atoms with Gasteiger partial charge in [-0.25, -0.2) is 0 Å². The van der Waals surface area contributed by atoms with E-state index >= 15 is 0 Å². The summed E-state index contributed by atoms with van der Waals surface area (Å²) in [5, 5.41) is 14.0. The molecular formula is C16H29N5. The Balaban J connectivity index is 1.74. The van der Waals surface area contributed by atoms with Crippen molar-refractivity contribution in [1.29, 1.82) is 0 Å². The van der Waals surface area contributed by atoms with Crippen LogP contribution in [0.3, 0.4) is 0 Å². The summed E-state index contributed by atoms with van der Waals surface area (Å²) in [4.78, 5) is 2.46. The van der Waals surface area contributed by atoms with Crippen molar-refractivity contribution in [2.24, 2.45) is 0 Å². The third kappa shape index (κ3) is 7.43. The summed E-state index contributed by atoms with van der Waals surface area (Å²) in [6, 6.07) is 10.4. The zero-order valence-electron chi connectivity index (χ0n) is 12.9. The topological polar surface area (TPSA) is 51.4 Å². The second kappa shape index (κ2) is 10.6. The zero-order chi connectivity index (χ0) is 14.6. The molecule has 1 saturated heterocycles. The number of nitrogens with zero attached hydrogens (tertiary/aromatic N) is 1. The lowest BCUT2D eigenvalue weighted by Crippen LogP contribution is -2.40. The number of benzene rings is 1. The normalized spacial score (nSPS) is 20.0. The SMILES string of the molecule is c1ccc(NCN2CCNCCCNCCNCC2)cc1. The van der Waals surface area contributed by atoms with Crippen LogP contribution in [0.15, 0.2) is 30.3 Å². The number of para-hydroxylation sites is 1. The standard InChI is InChI=1S/C16H29N5/c1-2-5-16(6-3-1)20-15-21-13-11-18-8-4-7-17-9-10-19-12-14-21/h1-3,5-6,17-20H,4,7-15H2. The lowest BCUT2D eigenvalue weighted by molar-refractivity contribution is 0.291. The highest BCUT2D eigenvalue weighted by molar-refractivity contribution is 5.42. The van der Waals surface area contributed by atoms with E-state index in [9.17, 15) is 0 Å². The van der Waals surface area contributed by atoms with Gasteiger partial charge in [0.1, 0.15) is 0 Å². The van der Waals surface area contributed by atoms with Gasteiger partial charge in [-0.15, -0.1) is 0 Å². The average Bonchev–Trinajstić information content (AvgIpc) is 2.55. The maximum atomic E-state index is 3.52. The molecule has 1 aromatic rings. The van der Waals surface area contributed by atoms with E-state index in [-0.39, 0.29) is 0 Å². The van der Waals surface area contributed by atoms with Crippen LogP contribution in [0, 0.1) is 0 Å². The van der Waals surface area contributed by atoms with Crippen LogP contribution in [0.5, 0.6) is 0 Å². The first-order chi connectivity index (χ1) is 10.4. The van der Waals surface area contributed by atoms with Gasteiger partial charge < -0.3 is 21.3 Å². The molecule has 0 radical (unpaired) electrons. The van der Waals surface area contributed by atoms with Gasteiger partial charge in [-0.1, -0.05) is 18.2 Å². The molecule has 118 valence electrons. The first-order valence-corrected chi connectivity index (χ1v) is 8.08. The predicted octanol–water partition coefficient (Wildman–Crippen LogP) is 0.531. The second-order valence-corrected chi connectivity index (χ2v) is 5.42. The molecule has 0 saturated carbocycles. The van der Waals surface area contributed by atoms with Crippen molar-refractivity contribution in [2.75, 3.05) is 64.3 Å². The molecule has 0 atom stereocenters. The molecular weight excluding hydrogens is 262 g/mol. The van der Waals surface area contributed by atoms with Crippen LogP contribution in [-0.2, 0) is 0 Å². The van der Waals surface area contributed by atoms with Gasteiger partial charge in [-0.2, -0.15) is 0 Å². The molecule has 0 amide bonds. The number of hydrogen-bond acceptors (Lipinski definition) is 5. The van der Waals surface area contributed by atoms with Gasteiger partial charge in [0, 0.05) is 45.0 Å². The van der Waals surface area contributed by atoms with Gasteiger partial charge in [0.25, 0.3) is 0 Å². The summed E-state index contributed by atoms with van der Waals surface area (Å²) < 4.78 is 0. The van der Waals surface area contributed by atoms with Crippen molar-refractivity contribution in [3.05, 3.63) is 30.3 Å². The van der Waals surface area contributed by atoms with Crippen molar-refractivity contribution in [1.82, 2.24) is 20.9 Å². The molecule has 0 aliphatic carbocycles. The minimum atomic E-state index is 0.894. The quantitative estimate of drug-likeness (QED) is 0.655. The highest BCUT2D eigenvalue weighted by Crippen LogP contribution is 2.04. The van der Waals surface area contributed by atoms with Crippen LogP contribution in [0.25, 0.3) is 0 Å². The number of rotatable bonds is 3. The van der Waals surface area contributed by atoms with Gasteiger partial charge in [0.05, 0.1) is 6.67 Å². The molecule has 1 aromatic carbocycles. The fourth-order valence-electron chi connectivity index (χ4n) is 2.39. The molecule has 4 N–H and O–H groups in total. The molecule has 0 spiro atoms. The van der Waals surface area contributed by atoms with Crippen molar-refractivity contribution in [3.8, 4) is 0 Å². The van der Waals surface area contributed by atoms with Crippen molar-refractivity contribution in [2.45, 2.75) is 6.42 Å². The maximum absolute atomic E-state index is 3.52. The van der Waals surface area contributed by atoms with Crippen LogP contribution in [0.2, 0.25) is 0 Å². The summed E-state index contributed by atoms with van der Waals surface area (Å²) in [5.41, 5.74) is 1.19. The van der Waals surface area contributed by atoms with E-state index in [4.69, 9.17) is 0 Å². The van der Waals surface area contributed by atoms with Gasteiger partial charge in [0.2, 0.25) is 0 Å². The summed E-state index contributed by atoms with van der Waals surface area (Å²) in [6.07, 6.45) is 1.20. The Kier molecular flexibility index (Phi) is 8.17. The Morgan fingerprint density at radius 2 is 1.43 bits per heavy atom. The summed E-state index contributed by atoms with van der Waals surface area (Å²) in [6.45, 7) is 9.45. The zero-order valence-corrected chi connectivity index (χ0v) is 12.9. The molecule has 0 unspecified atom stereocenters. The summed E-state index contributed by atoms with van der Waals surface area (Å²) in [5.74, 6) is 0. The number of nitrogens with one attached hydrogen (secondary N) is 4. The first-order valence-electron chi connectivity index (χ1n) is 8.08. The van der Waals surface area contributed by atoms with E-state index in [0.29, 0.717) is 0 Å². The minimum absolute atomic E-state index is 0.894. The van der Waals surface area contributed by atoms with Crippen molar-refractivity contribution < 1.29 is 0 Å². The van der Waals surface area contributed by atoms with Crippen molar-refractivity contribution in [3.63, 3.8) is 0 Å². The molecule has 1 heterocycles. The third-order valence-corrected chi connectivity index (χ3v) is 3.68. The lowest BCUT2D eigenvalue weighted by atomic mass is 10.3. The largest absolute Gasteiger partial charge is 0.372 e. The Bertz CT molecular complexity index is 343. The van der Waals surface area contributed by atoms with Crippen LogP contribution in [0.4, 0.5) is 5.69 Å². The van der Waals surface area contributed by atoms with Gasteiger partial charge in [0.15, 0.2) is 0 Å². The van der Waals surface area contributed by atoms with Crippen LogP contribution in [-0.4, -0.2) is 63.9 Å². The van der Waals surface area contributed by atoms with Gasteiger partial charge in [-0.05, 0) is 31.6 Å². The molecule has 5 heteroatoms. The Labute approximate surface area is 128 Å². The second-order valence-electron chi connectivity index (χ2n) is 5.42. The van der Waals surface area contributed by atoms with E-state index < -0.39 is 0 Å². The van der Waals surface area contributed by atoms with Crippen molar-refractivity contribution >= 4 is 5.69 Å². The highest BCUT2D eigenvalue weighted by Gasteiger charge is 2.04.